The number of carbonyl (C=O) groups is 3. The number of aliphatic hydroxyl groups is 1. The number of aliphatic hydroxyl groups excluding tert-OH is 1. The van der Waals surface area contributed by atoms with Crippen molar-refractivity contribution in [3.05, 3.63) is 52.6 Å². The summed E-state index contributed by atoms with van der Waals surface area (Å²) in [6, 6.07) is 5.40. The van der Waals surface area contributed by atoms with Gasteiger partial charge in [0.05, 0.1) is 23.8 Å². The molecule has 250 valence electrons. The van der Waals surface area contributed by atoms with Crippen LogP contribution in [0.3, 0.4) is 0 Å². The Kier molecular flexibility index (Phi) is 21.0. The fourth-order valence-electron chi connectivity index (χ4n) is 4.26. The maximum Gasteiger partial charge on any atom is 0.407 e. The molecule has 11 nitrogen and oxygen atoms in total. The lowest BCUT2D eigenvalue weighted by atomic mass is 9.94. The van der Waals surface area contributed by atoms with E-state index in [9.17, 15) is 14.4 Å². The maximum atomic E-state index is 12.0. The van der Waals surface area contributed by atoms with E-state index in [4.69, 9.17) is 36.0 Å². The van der Waals surface area contributed by atoms with E-state index in [2.05, 4.69) is 35.0 Å². The second-order valence-electron chi connectivity index (χ2n) is 10.6. The number of methoxy groups -OCH3 is 1. The molecule has 5 atom stereocenters. The molecule has 0 saturated carbocycles. The second-order valence-corrected chi connectivity index (χ2v) is 11.0. The Morgan fingerprint density at radius 1 is 1.30 bits per heavy atom. The molecule has 1 aromatic rings. The van der Waals surface area contributed by atoms with Gasteiger partial charge in [-0.25, -0.2) is 4.79 Å². The smallest absolute Gasteiger partial charge is 0.407 e. The van der Waals surface area contributed by atoms with Crippen LogP contribution in [-0.4, -0.2) is 93.8 Å². The molecule has 1 amide bonds. The minimum atomic E-state index is -0.817. The number of alkyl carbamates (subject to hydrolysis) is 1. The quantitative estimate of drug-likeness (QED) is 0.119. The third-order valence-electron chi connectivity index (χ3n) is 6.85. The van der Waals surface area contributed by atoms with Crippen molar-refractivity contribution < 1.29 is 38.8 Å². The number of ether oxygens (including phenoxy) is 3. The summed E-state index contributed by atoms with van der Waals surface area (Å²) in [6.07, 6.45) is 10.8. The predicted molar refractivity (Wildman–Crippen MR) is 174 cm³/mol. The van der Waals surface area contributed by atoms with E-state index in [1.54, 1.807) is 21.1 Å². The predicted octanol–water partition coefficient (Wildman–Crippen LogP) is 4.30. The van der Waals surface area contributed by atoms with Gasteiger partial charge in [-0.2, -0.15) is 0 Å². The van der Waals surface area contributed by atoms with E-state index in [0.717, 1.165) is 38.2 Å². The maximum absolute atomic E-state index is 12.0. The molecule has 0 bridgehead atoms. The highest BCUT2D eigenvalue weighted by Gasteiger charge is 2.52. The fourth-order valence-corrected chi connectivity index (χ4v) is 4.46. The summed E-state index contributed by atoms with van der Waals surface area (Å²) in [6.45, 7) is 5.68. The van der Waals surface area contributed by atoms with E-state index in [0.29, 0.717) is 30.0 Å². The first-order valence-corrected chi connectivity index (χ1v) is 15.0. The zero-order valence-corrected chi connectivity index (χ0v) is 28.1. The lowest BCUT2D eigenvalue weighted by Gasteiger charge is -2.29. The third-order valence-corrected chi connectivity index (χ3v) is 7.17. The molecule has 2 fully saturated rings. The molecular formula is C32H52ClN3O8. The number of benzene rings is 1. The van der Waals surface area contributed by atoms with Crippen molar-refractivity contribution in [2.45, 2.75) is 89.2 Å². The van der Waals surface area contributed by atoms with Crippen LogP contribution in [0.1, 0.15) is 58.4 Å². The average molecular weight is 642 g/mol. The molecule has 0 spiro atoms. The van der Waals surface area contributed by atoms with Gasteiger partial charge in [0.1, 0.15) is 24.2 Å². The number of allylic oxidation sites excluding steroid dienone is 3. The van der Waals surface area contributed by atoms with Crippen molar-refractivity contribution in [2.75, 3.05) is 35.4 Å². The lowest BCUT2D eigenvalue weighted by molar-refractivity contribution is -0.138. The van der Waals surface area contributed by atoms with E-state index < -0.39 is 12.0 Å². The fraction of sp³-hybridized carbons (Fsp3) is 0.594. The Morgan fingerprint density at radius 3 is 2.50 bits per heavy atom. The van der Waals surface area contributed by atoms with Crippen LogP contribution < -0.4 is 20.7 Å². The number of amides is 1. The molecule has 0 aliphatic carbocycles. The number of aldehydes is 1. The molecule has 2 aliphatic rings. The van der Waals surface area contributed by atoms with Gasteiger partial charge >= 0.3 is 12.1 Å². The molecule has 4 unspecified atom stereocenters. The molecule has 2 heterocycles. The monoisotopic (exact) mass is 641 g/mol. The van der Waals surface area contributed by atoms with Crippen LogP contribution in [0.2, 0.25) is 5.02 Å². The van der Waals surface area contributed by atoms with Crippen LogP contribution >= 0.6 is 11.6 Å². The number of aliphatic carboxylic acids is 1. The van der Waals surface area contributed by atoms with Gasteiger partial charge < -0.3 is 45.2 Å². The zero-order valence-electron chi connectivity index (χ0n) is 27.3. The van der Waals surface area contributed by atoms with Gasteiger partial charge in [0.25, 0.3) is 0 Å². The molecule has 44 heavy (non-hydrogen) atoms. The Hall–Kier alpha value is -2.96. The number of epoxide rings is 1. The zero-order chi connectivity index (χ0) is 33.7. The highest BCUT2D eigenvalue weighted by Crippen LogP contribution is 2.43. The summed E-state index contributed by atoms with van der Waals surface area (Å²) in [4.78, 5) is 32.4. The highest BCUT2D eigenvalue weighted by atomic mass is 35.5. The van der Waals surface area contributed by atoms with Gasteiger partial charge in [0.2, 0.25) is 0 Å². The molecular weight excluding hydrogens is 590 g/mol. The molecule has 12 heteroatoms. The second kappa shape index (κ2) is 22.5. The first kappa shape index (κ1) is 41.0. The number of likely N-dealkylation sites (N-methyl/N-ethyl adjacent to an activating group) is 1. The minimum absolute atomic E-state index is 0.0340. The van der Waals surface area contributed by atoms with Gasteiger partial charge in [0.15, 0.2) is 0 Å². The highest BCUT2D eigenvalue weighted by molar-refractivity contribution is 6.32. The minimum Gasteiger partial charge on any atom is -0.495 e. The summed E-state index contributed by atoms with van der Waals surface area (Å²) < 4.78 is 16.5. The summed E-state index contributed by atoms with van der Waals surface area (Å²) >= 11 is 6.09. The topological polar surface area (TPSA) is 159 Å². The lowest BCUT2D eigenvalue weighted by Crippen LogP contribution is -2.45. The number of carbonyl (C=O) groups excluding carboxylic acids is 2. The van der Waals surface area contributed by atoms with Gasteiger partial charge in [-0.3, -0.25) is 4.79 Å². The van der Waals surface area contributed by atoms with Crippen LogP contribution in [-0.2, 0) is 25.5 Å². The number of nitrogens with one attached hydrogen (secondary N) is 3. The van der Waals surface area contributed by atoms with Crippen LogP contribution in [0.15, 0.2) is 42.0 Å². The van der Waals surface area contributed by atoms with Crippen molar-refractivity contribution in [3.8, 4) is 5.75 Å². The number of halogens is 1. The first-order chi connectivity index (χ1) is 20.9. The van der Waals surface area contributed by atoms with Crippen molar-refractivity contribution >= 4 is 29.9 Å². The average Bonchev–Trinajstić information content (AvgIpc) is 3.64. The molecule has 0 radical (unpaired) electrons. The summed E-state index contributed by atoms with van der Waals surface area (Å²) in [5.74, 6) is -0.138. The van der Waals surface area contributed by atoms with Crippen molar-refractivity contribution in [3.63, 3.8) is 0 Å². The number of cyclic esters (lactones) is 1. The number of carboxylic acids is 1. The third kappa shape index (κ3) is 16.2. The van der Waals surface area contributed by atoms with Crippen molar-refractivity contribution in [1.82, 2.24) is 16.0 Å². The standard InChI is InChI=1S/C25H32ClNO5.C4H9NO2.C2H7N.CH4O/c1-17(13-18-9-10-21(26)22(14-18)30-3)7-4-5-8-19-15-20(31-24(29)27-19)16-23-25(2,32-23)11-6-12-28;1-3(5-2)4(6)7;1-3-2;1-2/h4-5,7,9-10,12,14,19-20,23H,6,8,11,13,15-16H2,1-3H3,(H,27,29);3,5H,1-2H3,(H,6,7);3H,1-2H3;2H,1H3/b5-4+,17-7+;;;/t;3-;;/m.1../s1. The molecule has 3 rings (SSSR count). The molecule has 5 N–H and O–H groups in total. The molecule has 1 aromatic carbocycles. The number of carboxylic acid groups (broad SMARTS) is 1. The van der Waals surface area contributed by atoms with Crippen LogP contribution in [0.5, 0.6) is 5.75 Å². The first-order valence-electron chi connectivity index (χ1n) is 14.6. The Labute approximate surface area is 267 Å². The summed E-state index contributed by atoms with van der Waals surface area (Å²) in [7, 11) is 7.97. The van der Waals surface area contributed by atoms with E-state index >= 15 is 0 Å². The largest absolute Gasteiger partial charge is 0.495 e. The van der Waals surface area contributed by atoms with Crippen molar-refractivity contribution in [2.24, 2.45) is 0 Å². The molecule has 0 aromatic heterocycles. The number of rotatable bonds is 13. The Bertz CT molecular complexity index is 1070. The van der Waals surface area contributed by atoms with Gasteiger partial charge in [-0.15, -0.1) is 0 Å². The molecule has 2 aliphatic heterocycles. The van der Waals surface area contributed by atoms with Crippen LogP contribution in [0.25, 0.3) is 0 Å². The van der Waals surface area contributed by atoms with Gasteiger partial charge in [-0.1, -0.05) is 41.5 Å². The van der Waals surface area contributed by atoms with Gasteiger partial charge in [-0.05, 0) is 78.9 Å². The Balaban J connectivity index is 0.00000132. The van der Waals surface area contributed by atoms with Crippen LogP contribution in [0.4, 0.5) is 4.79 Å². The SMILES string of the molecule is CNC.CN[C@H](C)C(=O)O.CO.COc1cc(C/C(C)=C/C=C/CC2CC(CC3OC3(C)CCC=O)OC(=O)N2)ccc1Cl. The summed E-state index contributed by atoms with van der Waals surface area (Å²) in [5.41, 5.74) is 2.08. The molecule has 2 saturated heterocycles. The van der Waals surface area contributed by atoms with E-state index in [1.165, 1.54) is 5.57 Å². The van der Waals surface area contributed by atoms with Crippen LogP contribution in [0, 0.1) is 0 Å². The van der Waals surface area contributed by atoms with Crippen molar-refractivity contribution in [1.29, 1.82) is 0 Å². The van der Waals surface area contributed by atoms with E-state index in [-0.39, 0.29) is 29.9 Å². The summed E-state index contributed by atoms with van der Waals surface area (Å²) in [5, 5.41) is 23.9. The normalized spacial score (nSPS) is 22.8. The van der Waals surface area contributed by atoms with Gasteiger partial charge in [0, 0.05) is 32.4 Å². The van der Waals surface area contributed by atoms with E-state index in [1.807, 2.05) is 45.3 Å². The number of hydrogen-bond acceptors (Lipinski definition) is 9. The number of hydrogen-bond donors (Lipinski definition) is 5. The Morgan fingerprint density at radius 2 is 1.95 bits per heavy atom.